The highest BCUT2D eigenvalue weighted by molar-refractivity contribution is 8.07. The predicted octanol–water partition coefficient (Wildman–Crippen LogP) is 1.92. The molecule has 23 nitrogen and oxygen atoms in total. The van der Waals surface area contributed by atoms with Gasteiger partial charge < -0.3 is 53.2 Å². The Morgan fingerprint density at radius 1 is 1.07 bits per heavy atom. The molecule has 8 heterocycles. The molecule has 0 radical (unpaired) electrons. The van der Waals surface area contributed by atoms with Gasteiger partial charge in [-0.2, -0.15) is 0 Å². The molecule has 1 amide bonds. The summed E-state index contributed by atoms with van der Waals surface area (Å²) in [5.41, 5.74) is 4.29. The number of alkyl halides is 1. The van der Waals surface area contributed by atoms with Crippen molar-refractivity contribution in [3.8, 4) is 0 Å². The first-order valence-corrected chi connectivity index (χ1v) is 23.5. The predicted molar refractivity (Wildman–Crippen MR) is 209 cm³/mol. The van der Waals surface area contributed by atoms with Crippen molar-refractivity contribution in [2.75, 3.05) is 45.8 Å². The Morgan fingerprint density at radius 3 is 2.58 bits per heavy atom. The van der Waals surface area contributed by atoms with Crippen molar-refractivity contribution >= 4 is 83.4 Å². The molecule has 3 aromatic rings. The average molecular weight is 920 g/mol. The first kappa shape index (κ1) is 43.2. The Kier molecular flexibility index (Phi) is 11.5. The summed E-state index contributed by atoms with van der Waals surface area (Å²) in [6, 6.07) is 0. The van der Waals surface area contributed by atoms with Crippen molar-refractivity contribution in [2.24, 2.45) is 4.99 Å². The Bertz CT molecular complexity index is 2350. The number of nitrogens with zero attached hydrogens (tertiary/aromatic N) is 8. The van der Waals surface area contributed by atoms with Gasteiger partial charge in [0.05, 0.1) is 51.9 Å². The number of Topliss-reactive ketones (excluding diaryl/α,β-unsaturated/α-hetero) is 1. The lowest BCUT2D eigenvalue weighted by molar-refractivity contribution is -0.183. The number of ketones is 1. The van der Waals surface area contributed by atoms with Gasteiger partial charge in [-0.25, -0.2) is 34.1 Å². The van der Waals surface area contributed by atoms with Crippen molar-refractivity contribution in [3.05, 3.63) is 24.7 Å². The van der Waals surface area contributed by atoms with Gasteiger partial charge in [0.15, 0.2) is 47.4 Å². The van der Waals surface area contributed by atoms with E-state index in [1.165, 1.54) is 33.7 Å². The molecule has 0 spiro atoms. The zero-order valence-electron chi connectivity index (χ0n) is 32.3. The number of hydrogen-bond acceptors (Lipinski definition) is 20. The largest absolute Gasteiger partial charge is 0.464 e. The van der Waals surface area contributed by atoms with Crippen LogP contribution in [-0.2, 0) is 70.2 Å². The van der Waals surface area contributed by atoms with Gasteiger partial charge in [0.1, 0.15) is 54.1 Å². The number of aromatic nitrogens is 6. The summed E-state index contributed by atoms with van der Waals surface area (Å²) in [6.45, 7) is -5.01. The topological polar surface area (TPSA) is 278 Å². The zero-order valence-corrected chi connectivity index (χ0v) is 35.7. The van der Waals surface area contributed by atoms with Crippen LogP contribution in [0.3, 0.4) is 0 Å². The third-order valence-corrected chi connectivity index (χ3v) is 13.0. The molecule has 4 saturated heterocycles. The number of hydrogen-bond donors (Lipinski definition) is 3. The highest BCUT2D eigenvalue weighted by Gasteiger charge is 2.65. The maximum absolute atomic E-state index is 16.4. The number of halogens is 1. The van der Waals surface area contributed by atoms with Crippen LogP contribution in [0.2, 0.25) is 0 Å². The van der Waals surface area contributed by atoms with Gasteiger partial charge in [-0.3, -0.25) is 27.8 Å². The lowest BCUT2D eigenvalue weighted by Gasteiger charge is -2.33. The summed E-state index contributed by atoms with van der Waals surface area (Å²) >= 11 is 10.8. The molecular formula is C32H40FN9O14P2S2. The minimum atomic E-state index is -4.41. The van der Waals surface area contributed by atoms with E-state index in [1.54, 1.807) is 20.8 Å². The summed E-state index contributed by atoms with van der Waals surface area (Å²) in [5, 5.41) is 0. The van der Waals surface area contributed by atoms with Crippen LogP contribution in [0.4, 0.5) is 20.8 Å². The molecule has 4 bridgehead atoms. The summed E-state index contributed by atoms with van der Waals surface area (Å²) in [4.78, 5) is 83.4. The van der Waals surface area contributed by atoms with E-state index in [9.17, 15) is 24.2 Å². The van der Waals surface area contributed by atoms with Crippen LogP contribution in [0.15, 0.2) is 24.0 Å². The van der Waals surface area contributed by atoms with Crippen molar-refractivity contribution in [1.82, 2.24) is 34.0 Å². The van der Waals surface area contributed by atoms with Gasteiger partial charge in [0.2, 0.25) is 0 Å². The van der Waals surface area contributed by atoms with E-state index in [-0.39, 0.29) is 49.2 Å². The fraction of sp³-hybridized carbons (Fsp3) is 0.625. The number of imidazole rings is 2. The minimum absolute atomic E-state index is 0.0370. The SMILES string of the molecule is CN(CCOC(=O)CC1=Nc2c(ncn2[C@@H]2O[C@@H]3COP(O)(=S)O[C@H]4[C@H]5OC[C@]4(COP(O)(=S)O[C@@H]2[C@@H]3F)O[C@H]5n2cnc3c(N)ncnc32)C(=O)C1)C(=O)OC(C)(C)C. The van der Waals surface area contributed by atoms with Crippen LogP contribution >= 0.6 is 13.4 Å². The first-order valence-electron chi connectivity index (χ1n) is 18.3. The van der Waals surface area contributed by atoms with Crippen molar-refractivity contribution in [3.63, 3.8) is 0 Å². The van der Waals surface area contributed by atoms with Crippen LogP contribution in [0.1, 0.15) is 56.6 Å². The van der Waals surface area contributed by atoms with Crippen molar-refractivity contribution in [2.45, 2.75) is 87.9 Å². The zero-order chi connectivity index (χ0) is 42.9. The van der Waals surface area contributed by atoms with Gasteiger partial charge in [-0.1, -0.05) is 0 Å². The Labute approximate surface area is 350 Å². The highest BCUT2D eigenvalue weighted by Crippen LogP contribution is 2.58. The standard InChI is InChI=1S/C32H40FN9O14P2S2/c1-31(2,3)54-30(45)40(4)5-6-48-18(44)8-15-7-16(43)20-27(39-15)42(13-37-20)28-22-19(33)17(52-28)9-50-57(46,59)56-24-23-29(41-14-38-21-25(34)35-12-36-26(21)41)53-32(24,10-49-23)11-51-58(47,60)55-22/h12-14,17,19,22-24,28-29H,5-11H2,1-4H3,(H,46,59)(H,47,60)(H2,34,35,36)/t17-,19-,22-,23-,24+,28-,29-,32-,57?,58?/m1/s1. The van der Waals surface area contributed by atoms with Crippen molar-refractivity contribution < 1.29 is 70.3 Å². The van der Waals surface area contributed by atoms with Gasteiger partial charge >= 0.3 is 25.5 Å². The van der Waals surface area contributed by atoms with E-state index in [0.717, 1.165) is 6.33 Å². The maximum Gasteiger partial charge on any atom is 0.410 e. The monoisotopic (exact) mass is 919 g/mol. The molecule has 60 heavy (non-hydrogen) atoms. The molecule has 3 aromatic heterocycles. The third-order valence-electron chi connectivity index (χ3n) is 9.95. The molecule has 0 aromatic carbocycles. The first-order chi connectivity index (χ1) is 28.2. The smallest absolute Gasteiger partial charge is 0.410 e. The van der Waals surface area contributed by atoms with Crippen molar-refractivity contribution in [1.29, 1.82) is 0 Å². The molecule has 5 aliphatic heterocycles. The highest BCUT2D eigenvalue weighted by atomic mass is 32.5. The summed E-state index contributed by atoms with van der Waals surface area (Å²) in [6.07, 6.45) is -7.41. The lowest BCUT2D eigenvalue weighted by atomic mass is 10.0. The average Bonchev–Trinajstić information content (AvgIpc) is 3.98. The molecular weight excluding hydrogens is 879 g/mol. The lowest BCUT2D eigenvalue weighted by Crippen LogP contribution is -2.45. The van der Waals surface area contributed by atoms with E-state index in [0.29, 0.717) is 11.2 Å². The second kappa shape index (κ2) is 16.0. The Hall–Kier alpha value is -3.49. The maximum atomic E-state index is 16.4. The quantitative estimate of drug-likeness (QED) is 0.225. The van der Waals surface area contributed by atoms with E-state index >= 15 is 4.39 Å². The fourth-order valence-electron chi connectivity index (χ4n) is 7.17. The molecule has 4 N–H and O–H groups in total. The molecule has 0 saturated carbocycles. The van der Waals surface area contributed by atoms with Gasteiger partial charge in [0.25, 0.3) is 0 Å². The van der Waals surface area contributed by atoms with E-state index in [1.807, 2.05) is 0 Å². The number of aliphatic imine (C=N–C) groups is 1. The second-order valence-corrected chi connectivity index (χ2v) is 21.0. The summed E-state index contributed by atoms with van der Waals surface area (Å²) < 4.78 is 71.5. The summed E-state index contributed by atoms with van der Waals surface area (Å²) in [5.74, 6) is -1.22. The normalized spacial score (nSPS) is 34.2. The Balaban J connectivity index is 1.01. The molecule has 4 fully saturated rings. The molecule has 326 valence electrons. The van der Waals surface area contributed by atoms with Crippen LogP contribution in [0.25, 0.3) is 11.2 Å². The number of esters is 1. The molecule has 10 atom stereocenters. The minimum Gasteiger partial charge on any atom is -0.464 e. The molecule has 2 unspecified atom stereocenters. The number of fused-ring (bicyclic) bond motifs is 4. The van der Waals surface area contributed by atoms with E-state index in [2.05, 4.69) is 24.9 Å². The van der Waals surface area contributed by atoms with E-state index < -0.39 is 105 Å². The number of rotatable bonds is 7. The van der Waals surface area contributed by atoms with Gasteiger partial charge in [-0.05, 0) is 44.4 Å². The van der Waals surface area contributed by atoms with Crippen LogP contribution < -0.4 is 5.73 Å². The molecule has 0 aliphatic carbocycles. The molecule has 28 heteroatoms. The van der Waals surface area contributed by atoms with Crippen LogP contribution in [0, 0.1) is 0 Å². The van der Waals surface area contributed by atoms with Crippen LogP contribution in [-0.4, -0.2) is 149 Å². The summed E-state index contributed by atoms with van der Waals surface area (Å²) in [7, 11) is 1.49. The number of nitrogen functional groups attached to an aromatic ring is 1. The Morgan fingerprint density at radius 2 is 1.82 bits per heavy atom. The number of likely N-dealkylation sites (N-methyl/N-ethyl adjacent to an activating group) is 1. The van der Waals surface area contributed by atoms with Crippen LogP contribution in [0.5, 0.6) is 0 Å². The number of carbonyl (C=O) groups is 3. The third kappa shape index (κ3) is 8.50. The fourth-order valence-corrected chi connectivity index (χ4v) is 10.1. The van der Waals surface area contributed by atoms with E-state index in [4.69, 9.17) is 71.1 Å². The number of amides is 1. The van der Waals surface area contributed by atoms with Gasteiger partial charge in [0, 0.05) is 12.8 Å². The molecule has 8 rings (SSSR count). The number of anilines is 1. The molecule has 5 aliphatic rings. The second-order valence-electron chi connectivity index (χ2n) is 15.4. The number of ether oxygens (including phenoxy) is 5. The number of carbonyl (C=O) groups excluding carboxylic acids is 3. The van der Waals surface area contributed by atoms with Gasteiger partial charge in [-0.15, -0.1) is 0 Å². The number of nitrogens with two attached hydrogens (primary N) is 1.